The number of H-pyrrole nitrogens is 2. The molecule has 0 aliphatic carbocycles. The number of piperidine rings is 4. The fraction of sp³-hybridized carbons (Fsp3) is 0.464. The molecule has 19 heteroatoms. The van der Waals surface area contributed by atoms with E-state index in [1.165, 1.54) is 12.1 Å². The van der Waals surface area contributed by atoms with Crippen LogP contribution in [0.5, 0.6) is 0 Å². The largest absolute Gasteiger partial charge is 0.389 e. The van der Waals surface area contributed by atoms with Crippen LogP contribution < -0.4 is 5.32 Å². The first-order valence-electron chi connectivity index (χ1n) is 25.9. The molecule has 0 spiro atoms. The zero-order valence-electron chi connectivity index (χ0n) is 41.7. The van der Waals surface area contributed by atoms with Crippen molar-refractivity contribution >= 4 is 85.8 Å². The van der Waals surface area contributed by atoms with E-state index >= 15 is 0 Å². The first-order chi connectivity index (χ1) is 35.9. The minimum atomic E-state index is -1.24. The number of anilines is 1. The molecule has 13 nitrogen and oxygen atoms in total. The lowest BCUT2D eigenvalue weighted by Crippen LogP contribution is -2.56. The number of fused-ring (bicyclic) bond motifs is 2. The maximum Gasteiger partial charge on any atom is 0.321 e. The number of hydrogen-bond acceptors (Lipinski definition) is 8. The molecule has 402 valence electrons. The van der Waals surface area contributed by atoms with Crippen LogP contribution >= 0.6 is 46.4 Å². The van der Waals surface area contributed by atoms with E-state index in [4.69, 9.17) is 46.4 Å². The van der Waals surface area contributed by atoms with E-state index in [0.29, 0.717) is 115 Å². The second kappa shape index (κ2) is 24.0. The first-order valence-corrected chi connectivity index (χ1v) is 27.5. The van der Waals surface area contributed by atoms with Crippen molar-refractivity contribution in [1.29, 1.82) is 0 Å². The molecule has 10 rings (SSSR count). The van der Waals surface area contributed by atoms with Crippen molar-refractivity contribution in [2.45, 2.75) is 99.5 Å². The van der Waals surface area contributed by atoms with Crippen LogP contribution in [-0.2, 0) is 11.2 Å². The van der Waals surface area contributed by atoms with Crippen molar-refractivity contribution in [1.82, 2.24) is 29.6 Å². The maximum atomic E-state index is 13.8. The summed E-state index contributed by atoms with van der Waals surface area (Å²) < 4.78 is 27.5. The van der Waals surface area contributed by atoms with E-state index in [2.05, 4.69) is 25.1 Å². The number of β-amino-alcohol motifs (C(OH)–C–C–N with tert-alkyl or cyclic N) is 2. The highest BCUT2D eigenvalue weighted by Gasteiger charge is 2.42. The minimum absolute atomic E-state index is 0.0341. The molecule has 4 aliphatic rings. The van der Waals surface area contributed by atoms with Crippen LogP contribution in [-0.4, -0.2) is 151 Å². The van der Waals surface area contributed by atoms with Crippen molar-refractivity contribution in [2.75, 3.05) is 70.8 Å². The van der Waals surface area contributed by atoms with Gasteiger partial charge in [0, 0.05) is 85.6 Å². The molecule has 4 fully saturated rings. The second-order valence-electron chi connectivity index (χ2n) is 20.9. The number of benzene rings is 4. The lowest BCUT2D eigenvalue weighted by Gasteiger charge is -2.43. The van der Waals surface area contributed by atoms with Crippen molar-refractivity contribution in [3.63, 3.8) is 0 Å². The number of amides is 3. The third-order valence-corrected chi connectivity index (χ3v) is 17.7. The van der Waals surface area contributed by atoms with Crippen LogP contribution in [0.4, 0.5) is 19.3 Å². The molecule has 0 radical (unpaired) electrons. The Balaban J connectivity index is 0.000000184. The van der Waals surface area contributed by atoms with Crippen molar-refractivity contribution < 1.29 is 38.8 Å². The molecule has 2 atom stereocenters. The molecule has 0 bridgehead atoms. The molecule has 6 aromatic rings. The number of urea groups is 1. The third-order valence-electron chi connectivity index (χ3n) is 16.2. The van der Waals surface area contributed by atoms with E-state index in [-0.39, 0.29) is 23.6 Å². The van der Waals surface area contributed by atoms with Gasteiger partial charge in [0.25, 0.3) is 0 Å². The number of aliphatic hydroxyl groups is 4. The van der Waals surface area contributed by atoms with Gasteiger partial charge in [-0.1, -0.05) is 52.5 Å². The summed E-state index contributed by atoms with van der Waals surface area (Å²) in [5.74, 6) is 0.225. The second-order valence-corrected chi connectivity index (χ2v) is 22.6. The quantitative estimate of drug-likeness (QED) is 0.0635. The van der Waals surface area contributed by atoms with Gasteiger partial charge in [-0.2, -0.15) is 0 Å². The van der Waals surface area contributed by atoms with Gasteiger partial charge in [-0.05, 0) is 179 Å². The molecule has 4 aromatic carbocycles. The van der Waals surface area contributed by atoms with Gasteiger partial charge in [0.15, 0.2) is 0 Å². The average molecular weight is 1110 g/mol. The smallest absolute Gasteiger partial charge is 0.321 e. The Bertz CT molecular complexity index is 2950. The van der Waals surface area contributed by atoms with Gasteiger partial charge < -0.3 is 55.3 Å². The average Bonchev–Trinajstić information content (AvgIpc) is 4.03. The third kappa shape index (κ3) is 13.3. The fourth-order valence-corrected chi connectivity index (χ4v) is 12.0. The van der Waals surface area contributed by atoms with Gasteiger partial charge in [0.2, 0.25) is 5.91 Å². The summed E-state index contributed by atoms with van der Waals surface area (Å²) in [6.45, 7) is 5.48. The monoisotopic (exact) mass is 1110 g/mol. The van der Waals surface area contributed by atoms with E-state index in [0.717, 1.165) is 90.4 Å². The van der Waals surface area contributed by atoms with Gasteiger partial charge in [0.05, 0.1) is 43.5 Å². The van der Waals surface area contributed by atoms with Gasteiger partial charge in [-0.15, -0.1) is 0 Å². The number of halogens is 6. The standard InChI is InChI=1S/C29H34Cl2FN3O3.C27H31Cl2FN4O3/c30-24-4-1-19(15-25(24)31)2-6-28(37)35-13-9-29(38,10-14-35)27(36)18-34-11-7-20(8-12-34)23-17-33-26-5-3-21(32)16-22(23)26;28-22-3-2-19(14-23(22)29)32-26(36)34-11-7-27(37,8-12-34)25(35)16-33-9-5-17(6-10-33)21-15-31-24-4-1-18(30)13-20(21)24/h1,3-5,15-17,20,27,33,36,38H,2,6-14,18H2;1-4,13-15,17,25,31,35,37H,5-12,16H2,(H,32,36). The molecule has 4 saturated heterocycles. The number of aryl methyl sites for hydroxylation is 1. The summed E-state index contributed by atoms with van der Waals surface area (Å²) in [4.78, 5) is 39.6. The van der Waals surface area contributed by atoms with Crippen LogP contribution in [0, 0.1) is 11.6 Å². The van der Waals surface area contributed by atoms with Gasteiger partial charge >= 0.3 is 6.03 Å². The van der Waals surface area contributed by atoms with Crippen molar-refractivity contribution in [3.05, 3.63) is 134 Å². The summed E-state index contributed by atoms with van der Waals surface area (Å²) in [7, 11) is 0. The number of carbonyl (C=O) groups excluding carboxylic acids is 2. The number of nitrogens with one attached hydrogen (secondary N) is 3. The van der Waals surface area contributed by atoms with Gasteiger partial charge in [-0.25, -0.2) is 13.6 Å². The summed E-state index contributed by atoms with van der Waals surface area (Å²) >= 11 is 24.0. The molecule has 2 unspecified atom stereocenters. The van der Waals surface area contributed by atoms with E-state index in [1.807, 2.05) is 18.5 Å². The number of aromatic amines is 2. The molecule has 6 heterocycles. The van der Waals surface area contributed by atoms with Crippen LogP contribution in [0.3, 0.4) is 0 Å². The molecule has 2 aromatic heterocycles. The number of nitrogens with zero attached hydrogens (tertiary/aromatic N) is 4. The lowest BCUT2D eigenvalue weighted by atomic mass is 9.84. The summed E-state index contributed by atoms with van der Waals surface area (Å²) in [5, 5.41) is 50.7. The molecule has 0 saturated carbocycles. The topological polar surface area (TPSA) is 172 Å². The molecular weight excluding hydrogens is 1050 g/mol. The fourth-order valence-electron chi connectivity index (χ4n) is 11.4. The number of carbonyl (C=O) groups is 2. The summed E-state index contributed by atoms with van der Waals surface area (Å²) in [6, 6.07) is 19.6. The van der Waals surface area contributed by atoms with E-state index in [1.54, 1.807) is 64.4 Å². The van der Waals surface area contributed by atoms with Crippen LogP contribution in [0.15, 0.2) is 85.2 Å². The van der Waals surface area contributed by atoms with Crippen LogP contribution in [0.1, 0.15) is 86.3 Å². The Hall–Kier alpha value is -4.52. The zero-order valence-corrected chi connectivity index (χ0v) is 44.7. The Kier molecular flexibility index (Phi) is 17.7. The van der Waals surface area contributed by atoms with Gasteiger partial charge in [0.1, 0.15) is 11.6 Å². The van der Waals surface area contributed by atoms with Crippen molar-refractivity contribution in [2.24, 2.45) is 0 Å². The summed E-state index contributed by atoms with van der Waals surface area (Å²) in [6.07, 6.45) is 8.02. The number of rotatable bonds is 12. The number of aliphatic hydroxyl groups excluding tert-OH is 2. The minimum Gasteiger partial charge on any atom is -0.389 e. The van der Waals surface area contributed by atoms with Crippen LogP contribution in [0.25, 0.3) is 21.8 Å². The maximum absolute atomic E-state index is 13.8. The molecule has 7 N–H and O–H groups in total. The Labute approximate surface area is 455 Å². The molecule has 75 heavy (non-hydrogen) atoms. The highest BCUT2D eigenvalue weighted by molar-refractivity contribution is 6.42. The van der Waals surface area contributed by atoms with Gasteiger partial charge in [-0.3, -0.25) is 4.79 Å². The summed E-state index contributed by atoms with van der Waals surface area (Å²) in [5.41, 5.74) is 3.22. The highest BCUT2D eigenvalue weighted by Crippen LogP contribution is 2.37. The Morgan fingerprint density at radius 1 is 0.600 bits per heavy atom. The van der Waals surface area contributed by atoms with E-state index in [9.17, 15) is 38.8 Å². The molecule has 4 aliphatic heterocycles. The van der Waals surface area contributed by atoms with Crippen LogP contribution in [0.2, 0.25) is 20.1 Å². The Morgan fingerprint density at radius 2 is 1.05 bits per heavy atom. The molecular formula is C56H65Cl4F2N7O6. The Morgan fingerprint density at radius 3 is 1.52 bits per heavy atom. The first kappa shape index (κ1) is 55.2. The SMILES string of the molecule is O=C(CCc1ccc(Cl)c(Cl)c1)N1CCC(O)(C(O)CN2CCC(c3c[nH]c4ccc(F)cc34)CC2)CC1.O=C(Nc1ccc(Cl)c(Cl)c1)N1CCC(O)(C(O)CN2CCC(c3c[nH]c4ccc(F)cc34)CC2)CC1. The predicted octanol–water partition coefficient (Wildman–Crippen LogP) is 10.4. The lowest BCUT2D eigenvalue weighted by molar-refractivity contribution is -0.144. The normalized spacial score (nSPS) is 19.7. The van der Waals surface area contributed by atoms with Crippen molar-refractivity contribution in [3.8, 4) is 0 Å². The molecule has 3 amide bonds. The number of likely N-dealkylation sites (tertiary alicyclic amines) is 4. The van der Waals surface area contributed by atoms with E-state index < -0.39 is 23.4 Å². The predicted molar refractivity (Wildman–Crippen MR) is 292 cm³/mol. The zero-order chi connectivity index (χ0) is 53.0. The number of hydrogen-bond donors (Lipinski definition) is 7. The highest BCUT2D eigenvalue weighted by atomic mass is 35.5. The number of aromatic nitrogens is 2.